The minimum Gasteiger partial charge on any atom is -0.465 e. The van der Waals surface area contributed by atoms with Gasteiger partial charge in [0.2, 0.25) is 11.8 Å². The number of aromatic nitrogens is 4. The van der Waals surface area contributed by atoms with Crippen molar-refractivity contribution in [3.8, 4) is 0 Å². The Morgan fingerprint density at radius 1 is 1.41 bits per heavy atom. The molecule has 2 heterocycles. The van der Waals surface area contributed by atoms with Crippen LogP contribution in [0, 0.1) is 6.92 Å². The number of esters is 1. The van der Waals surface area contributed by atoms with Crippen LogP contribution in [0.2, 0.25) is 0 Å². The molecule has 0 aliphatic rings. The van der Waals surface area contributed by atoms with E-state index in [1.165, 1.54) is 41.6 Å². The highest BCUT2D eigenvalue weighted by atomic mass is 32.2. The molecular weight excluding hydrogens is 372 g/mol. The Morgan fingerprint density at radius 2 is 2.19 bits per heavy atom. The summed E-state index contributed by atoms with van der Waals surface area (Å²) in [6.07, 6.45) is -0.735. The number of fused-ring (bicyclic) bond motifs is 1. The van der Waals surface area contributed by atoms with Crippen LogP contribution in [0.4, 0.5) is 0 Å². The van der Waals surface area contributed by atoms with Crippen LogP contribution in [0.3, 0.4) is 0 Å². The lowest BCUT2D eigenvalue weighted by Crippen LogP contribution is -2.28. The van der Waals surface area contributed by atoms with E-state index in [0.29, 0.717) is 39.2 Å². The summed E-state index contributed by atoms with van der Waals surface area (Å²) in [4.78, 5) is 29.1. The molecule has 3 aromatic rings. The van der Waals surface area contributed by atoms with Crippen molar-refractivity contribution >= 4 is 28.6 Å². The maximum absolute atomic E-state index is 12.9. The maximum atomic E-state index is 12.9. The summed E-state index contributed by atoms with van der Waals surface area (Å²) in [6.45, 7) is 3.37. The normalized spacial score (nSPS) is 12.3. The summed E-state index contributed by atoms with van der Waals surface area (Å²) >= 11 is 1.23. The predicted octanol–water partition coefficient (Wildman–Crippen LogP) is 1.55. The van der Waals surface area contributed by atoms with E-state index in [1.54, 1.807) is 13.8 Å². The largest absolute Gasteiger partial charge is 0.465 e. The number of ether oxygens (including phenoxy) is 1. The van der Waals surface area contributed by atoms with Crippen LogP contribution in [-0.2, 0) is 17.0 Å². The zero-order chi connectivity index (χ0) is 19.6. The average molecular weight is 390 g/mol. The molecule has 10 heteroatoms. The Morgan fingerprint density at radius 3 is 2.81 bits per heavy atom. The van der Waals surface area contributed by atoms with Gasteiger partial charge in [0.1, 0.15) is 0 Å². The first-order chi connectivity index (χ1) is 12.9. The number of rotatable bonds is 6. The smallest absolute Gasteiger partial charge is 0.337 e. The predicted molar refractivity (Wildman–Crippen MR) is 97.6 cm³/mol. The van der Waals surface area contributed by atoms with Gasteiger partial charge in [-0.25, -0.2) is 9.78 Å². The number of carbonyl (C=O) groups excluding carboxylic acids is 1. The van der Waals surface area contributed by atoms with Crippen molar-refractivity contribution in [2.75, 3.05) is 7.11 Å². The highest BCUT2D eigenvalue weighted by Crippen LogP contribution is 2.22. The molecule has 0 unspecified atom stereocenters. The van der Waals surface area contributed by atoms with Gasteiger partial charge in [-0.2, -0.15) is 0 Å². The summed E-state index contributed by atoms with van der Waals surface area (Å²) in [5, 5.41) is 18.2. The molecule has 2 aromatic heterocycles. The van der Waals surface area contributed by atoms with E-state index in [2.05, 4.69) is 15.2 Å². The number of aliphatic hydroxyl groups excluding tert-OH is 1. The quantitative estimate of drug-likeness (QED) is 0.379. The van der Waals surface area contributed by atoms with Gasteiger partial charge in [0, 0.05) is 6.92 Å². The highest BCUT2D eigenvalue weighted by molar-refractivity contribution is 7.98. The number of hydrogen-bond acceptors (Lipinski definition) is 9. The molecule has 0 amide bonds. The first-order valence-corrected chi connectivity index (χ1v) is 9.10. The summed E-state index contributed by atoms with van der Waals surface area (Å²) < 4.78 is 11.5. The van der Waals surface area contributed by atoms with E-state index in [-0.39, 0.29) is 12.1 Å². The van der Waals surface area contributed by atoms with Crippen molar-refractivity contribution in [3.63, 3.8) is 0 Å². The fraction of sp³-hybridized carbons (Fsp3) is 0.353. The van der Waals surface area contributed by atoms with E-state index in [9.17, 15) is 14.7 Å². The number of aliphatic hydroxyl groups is 1. The number of thioether (sulfide) groups is 1. The van der Waals surface area contributed by atoms with Gasteiger partial charge in [-0.3, -0.25) is 9.36 Å². The molecule has 0 saturated carbocycles. The van der Waals surface area contributed by atoms with Crippen LogP contribution in [0.5, 0.6) is 0 Å². The lowest BCUT2D eigenvalue weighted by Gasteiger charge is -2.14. The van der Waals surface area contributed by atoms with Crippen LogP contribution >= 0.6 is 11.8 Å². The minimum absolute atomic E-state index is 0.0890. The fourth-order valence-electron chi connectivity index (χ4n) is 2.50. The molecule has 0 aliphatic carbocycles. The first-order valence-electron chi connectivity index (χ1n) is 8.11. The van der Waals surface area contributed by atoms with E-state index < -0.39 is 12.1 Å². The molecular formula is C17H18N4O5S. The standard InChI is InChI=1S/C17H18N4O5S/c1-9(22)7-21-15(23)12-5-4-11(16(24)25-3)6-13(12)18-17(21)27-8-14-20-19-10(2)26-14/h4-6,9,22H,7-8H2,1-3H3/t9-/m1/s1. The van der Waals surface area contributed by atoms with Crippen molar-refractivity contribution in [3.05, 3.63) is 45.9 Å². The van der Waals surface area contributed by atoms with Gasteiger partial charge in [-0.1, -0.05) is 11.8 Å². The zero-order valence-corrected chi connectivity index (χ0v) is 15.8. The Hall–Kier alpha value is -2.72. The molecule has 27 heavy (non-hydrogen) atoms. The van der Waals surface area contributed by atoms with Gasteiger partial charge in [0.05, 0.1) is 42.0 Å². The SMILES string of the molecule is COC(=O)c1ccc2c(=O)n(C[C@@H](C)O)c(SCc3nnc(C)o3)nc2c1. The van der Waals surface area contributed by atoms with Gasteiger partial charge in [0.25, 0.3) is 5.56 Å². The Bertz CT molecular complexity index is 1040. The summed E-state index contributed by atoms with van der Waals surface area (Å²) in [5.74, 6) is 0.650. The van der Waals surface area contributed by atoms with Crippen LogP contribution in [-0.4, -0.2) is 44.0 Å². The Labute approximate surface area is 158 Å². The Balaban J connectivity index is 2.06. The molecule has 1 aromatic carbocycles. The summed E-state index contributed by atoms with van der Waals surface area (Å²) in [7, 11) is 1.29. The van der Waals surface area contributed by atoms with Gasteiger partial charge < -0.3 is 14.3 Å². The monoisotopic (exact) mass is 390 g/mol. The number of benzene rings is 1. The van der Waals surface area contributed by atoms with Gasteiger partial charge in [-0.15, -0.1) is 10.2 Å². The number of hydrogen-bond donors (Lipinski definition) is 1. The minimum atomic E-state index is -0.735. The number of nitrogens with zero attached hydrogens (tertiary/aromatic N) is 4. The third-order valence-electron chi connectivity index (χ3n) is 3.68. The second-order valence-corrected chi connectivity index (χ2v) is 6.83. The lowest BCUT2D eigenvalue weighted by molar-refractivity contribution is 0.0601. The molecule has 142 valence electrons. The number of carbonyl (C=O) groups is 1. The molecule has 0 aliphatic heterocycles. The van der Waals surface area contributed by atoms with Crippen molar-refractivity contribution in [1.29, 1.82) is 0 Å². The van der Waals surface area contributed by atoms with Crippen molar-refractivity contribution in [2.24, 2.45) is 0 Å². The molecule has 0 saturated heterocycles. The average Bonchev–Trinajstić information content (AvgIpc) is 3.06. The number of methoxy groups -OCH3 is 1. The van der Waals surface area contributed by atoms with Crippen molar-refractivity contribution in [2.45, 2.75) is 37.4 Å². The Kier molecular flexibility index (Phi) is 5.57. The molecule has 3 rings (SSSR count). The highest BCUT2D eigenvalue weighted by Gasteiger charge is 2.16. The maximum Gasteiger partial charge on any atom is 0.337 e. The third-order valence-corrected chi connectivity index (χ3v) is 4.64. The lowest BCUT2D eigenvalue weighted by atomic mass is 10.1. The first kappa shape index (κ1) is 19.1. The summed E-state index contributed by atoms with van der Waals surface area (Å²) in [5.41, 5.74) is 0.365. The molecule has 0 bridgehead atoms. The van der Waals surface area contributed by atoms with Crippen LogP contribution in [0.25, 0.3) is 10.9 Å². The molecule has 0 fully saturated rings. The number of aryl methyl sites for hydroxylation is 1. The van der Waals surface area contributed by atoms with Crippen molar-refractivity contribution < 1.29 is 19.1 Å². The topological polar surface area (TPSA) is 120 Å². The second kappa shape index (κ2) is 7.89. The van der Waals surface area contributed by atoms with E-state index >= 15 is 0 Å². The van der Waals surface area contributed by atoms with Gasteiger partial charge in [-0.05, 0) is 25.1 Å². The van der Waals surface area contributed by atoms with Crippen molar-refractivity contribution in [1.82, 2.24) is 19.7 Å². The van der Waals surface area contributed by atoms with Crippen LogP contribution in [0.15, 0.2) is 32.6 Å². The molecule has 1 atom stereocenters. The van der Waals surface area contributed by atoms with E-state index in [0.717, 1.165) is 0 Å². The van der Waals surface area contributed by atoms with Gasteiger partial charge in [0.15, 0.2) is 5.16 Å². The third kappa shape index (κ3) is 4.17. The zero-order valence-electron chi connectivity index (χ0n) is 15.0. The van der Waals surface area contributed by atoms with Crippen LogP contribution < -0.4 is 5.56 Å². The fourth-order valence-corrected chi connectivity index (χ4v) is 3.35. The molecule has 0 radical (unpaired) electrons. The van der Waals surface area contributed by atoms with Crippen LogP contribution in [0.1, 0.15) is 29.1 Å². The molecule has 0 spiro atoms. The van der Waals surface area contributed by atoms with E-state index in [4.69, 9.17) is 9.15 Å². The summed E-state index contributed by atoms with van der Waals surface area (Å²) in [6, 6.07) is 4.56. The second-order valence-electron chi connectivity index (χ2n) is 5.89. The van der Waals surface area contributed by atoms with Gasteiger partial charge >= 0.3 is 5.97 Å². The molecule has 1 N–H and O–H groups in total. The van der Waals surface area contributed by atoms with E-state index in [1.807, 2.05) is 0 Å². The molecule has 9 nitrogen and oxygen atoms in total.